The van der Waals surface area contributed by atoms with E-state index < -0.39 is 17.3 Å². The third-order valence-electron chi connectivity index (χ3n) is 4.79. The van der Waals surface area contributed by atoms with E-state index in [1.165, 1.54) is 0 Å². The van der Waals surface area contributed by atoms with Crippen LogP contribution in [0, 0.1) is 12.3 Å². The molecule has 1 atom stereocenters. The molecule has 1 heterocycles. The van der Waals surface area contributed by atoms with E-state index in [0.29, 0.717) is 19.0 Å². The van der Waals surface area contributed by atoms with Crippen molar-refractivity contribution >= 4 is 11.9 Å². The molecule has 3 rings (SSSR count). The Morgan fingerprint density at radius 1 is 1.36 bits per heavy atom. The molecule has 1 aliphatic carbocycles. The molecule has 0 bridgehead atoms. The molecule has 2 N–H and O–H groups in total. The number of carbonyl (C=O) groups is 2. The van der Waals surface area contributed by atoms with Crippen molar-refractivity contribution in [3.8, 4) is 5.75 Å². The molecule has 1 unspecified atom stereocenters. The molecule has 134 valence electrons. The fraction of sp³-hybridized carbons (Fsp3) is 0.474. The van der Waals surface area contributed by atoms with Crippen molar-refractivity contribution in [2.24, 2.45) is 5.41 Å². The quantitative estimate of drug-likeness (QED) is 0.610. The first-order chi connectivity index (χ1) is 12.0. The van der Waals surface area contributed by atoms with Gasteiger partial charge in [-0.1, -0.05) is 24.3 Å². The van der Waals surface area contributed by atoms with Gasteiger partial charge in [-0.2, -0.15) is 0 Å². The number of nitrogens with one attached hydrogen (secondary N) is 1. The molecular weight excluding hydrogens is 322 g/mol. The second-order valence-electron chi connectivity index (χ2n) is 6.66. The maximum absolute atomic E-state index is 12.5. The Kier molecular flexibility index (Phi) is 5.08. The molecule has 1 aromatic rings. The van der Waals surface area contributed by atoms with Gasteiger partial charge in [0.15, 0.2) is 5.41 Å². The van der Waals surface area contributed by atoms with Crippen molar-refractivity contribution in [2.75, 3.05) is 13.2 Å². The number of benzene rings is 1. The Labute approximate surface area is 146 Å². The SMILES string of the molecule is Cc1ccc(CNC(=O)C2(C(=O)O)CC=CC2)c(OC2CCOC2)c1. The highest BCUT2D eigenvalue weighted by Gasteiger charge is 2.46. The van der Waals surface area contributed by atoms with E-state index in [4.69, 9.17) is 9.47 Å². The lowest BCUT2D eigenvalue weighted by atomic mass is 9.84. The Morgan fingerprint density at radius 2 is 2.12 bits per heavy atom. The number of carboxylic acids is 1. The molecule has 0 radical (unpaired) electrons. The van der Waals surface area contributed by atoms with E-state index >= 15 is 0 Å². The minimum Gasteiger partial charge on any atom is -0.488 e. The molecule has 6 heteroatoms. The van der Waals surface area contributed by atoms with Gasteiger partial charge >= 0.3 is 5.97 Å². The molecule has 1 amide bonds. The molecule has 0 spiro atoms. The Morgan fingerprint density at radius 3 is 2.76 bits per heavy atom. The Balaban J connectivity index is 1.70. The van der Waals surface area contributed by atoms with Crippen molar-refractivity contribution in [1.82, 2.24) is 5.32 Å². The van der Waals surface area contributed by atoms with E-state index in [-0.39, 0.29) is 25.5 Å². The maximum atomic E-state index is 12.5. The highest BCUT2D eigenvalue weighted by atomic mass is 16.5. The van der Waals surface area contributed by atoms with Crippen LogP contribution in [0.3, 0.4) is 0 Å². The van der Waals surface area contributed by atoms with Gasteiger partial charge in [0, 0.05) is 18.5 Å². The normalized spacial score (nSPS) is 21.2. The number of carbonyl (C=O) groups excluding carboxylic acids is 1. The number of ether oxygens (including phenoxy) is 2. The lowest BCUT2D eigenvalue weighted by Crippen LogP contribution is -2.44. The zero-order valence-electron chi connectivity index (χ0n) is 14.3. The summed E-state index contributed by atoms with van der Waals surface area (Å²) in [5, 5.41) is 12.2. The number of hydrogen-bond donors (Lipinski definition) is 2. The average molecular weight is 345 g/mol. The fourth-order valence-corrected chi connectivity index (χ4v) is 3.16. The van der Waals surface area contributed by atoms with Crippen LogP contribution in [0.1, 0.15) is 30.4 Å². The first-order valence-corrected chi connectivity index (χ1v) is 8.52. The average Bonchev–Trinajstić information content (AvgIpc) is 3.26. The van der Waals surface area contributed by atoms with Crippen LogP contribution < -0.4 is 10.1 Å². The summed E-state index contributed by atoms with van der Waals surface area (Å²) in [5.74, 6) is -0.830. The molecule has 6 nitrogen and oxygen atoms in total. The van der Waals surface area contributed by atoms with Crippen LogP contribution in [-0.2, 0) is 20.9 Å². The van der Waals surface area contributed by atoms with Crippen LogP contribution in [0.2, 0.25) is 0 Å². The standard InChI is InChI=1S/C19H23NO5/c1-13-4-5-14(16(10-13)25-15-6-9-24-12-15)11-20-17(21)19(18(22)23)7-2-3-8-19/h2-5,10,15H,6-9,11-12H2,1H3,(H,20,21)(H,22,23). The van der Waals surface area contributed by atoms with Gasteiger partial charge in [-0.3, -0.25) is 9.59 Å². The van der Waals surface area contributed by atoms with E-state index in [0.717, 1.165) is 17.5 Å². The summed E-state index contributed by atoms with van der Waals surface area (Å²) in [5.41, 5.74) is 0.508. The maximum Gasteiger partial charge on any atom is 0.319 e. The Hall–Kier alpha value is -2.34. The van der Waals surface area contributed by atoms with Crippen LogP contribution in [0.25, 0.3) is 0 Å². The predicted octanol–water partition coefficient (Wildman–Crippen LogP) is 2.20. The van der Waals surface area contributed by atoms with Gasteiger partial charge in [-0.15, -0.1) is 0 Å². The van der Waals surface area contributed by atoms with Gasteiger partial charge in [0.2, 0.25) is 5.91 Å². The van der Waals surface area contributed by atoms with Crippen LogP contribution in [0.15, 0.2) is 30.4 Å². The lowest BCUT2D eigenvalue weighted by molar-refractivity contribution is -0.155. The third kappa shape index (κ3) is 3.69. The molecule has 1 saturated heterocycles. The number of carboxylic acid groups (broad SMARTS) is 1. The van der Waals surface area contributed by atoms with Gasteiger partial charge in [0.1, 0.15) is 11.9 Å². The summed E-state index contributed by atoms with van der Waals surface area (Å²) in [6.07, 6.45) is 4.80. The molecule has 25 heavy (non-hydrogen) atoms. The summed E-state index contributed by atoms with van der Waals surface area (Å²) < 4.78 is 11.4. The largest absolute Gasteiger partial charge is 0.488 e. The predicted molar refractivity (Wildman–Crippen MR) is 91.3 cm³/mol. The molecule has 0 saturated carbocycles. The highest BCUT2D eigenvalue weighted by molar-refractivity contribution is 6.02. The second kappa shape index (κ2) is 7.27. The first kappa shape index (κ1) is 17.5. The van der Waals surface area contributed by atoms with Crippen LogP contribution in [0.4, 0.5) is 0 Å². The van der Waals surface area contributed by atoms with E-state index in [2.05, 4.69) is 5.32 Å². The molecule has 0 aromatic heterocycles. The van der Waals surface area contributed by atoms with Gasteiger partial charge in [0.05, 0.1) is 13.2 Å². The molecule has 1 aromatic carbocycles. The van der Waals surface area contributed by atoms with E-state index in [1.54, 1.807) is 12.2 Å². The minimum absolute atomic E-state index is 0.0145. The number of amides is 1. The number of aryl methyl sites for hydroxylation is 1. The number of aliphatic carboxylic acids is 1. The topological polar surface area (TPSA) is 84.9 Å². The van der Waals surface area contributed by atoms with Gasteiger partial charge in [-0.25, -0.2) is 0 Å². The van der Waals surface area contributed by atoms with E-state index in [9.17, 15) is 14.7 Å². The lowest BCUT2D eigenvalue weighted by Gasteiger charge is -2.23. The van der Waals surface area contributed by atoms with Gasteiger partial charge < -0.3 is 19.9 Å². The van der Waals surface area contributed by atoms with Crippen molar-refractivity contribution in [3.63, 3.8) is 0 Å². The number of hydrogen-bond acceptors (Lipinski definition) is 4. The highest BCUT2D eigenvalue weighted by Crippen LogP contribution is 2.34. The van der Waals surface area contributed by atoms with Gasteiger partial charge in [0.25, 0.3) is 0 Å². The van der Waals surface area contributed by atoms with Crippen molar-refractivity contribution < 1.29 is 24.2 Å². The monoisotopic (exact) mass is 345 g/mol. The van der Waals surface area contributed by atoms with Gasteiger partial charge in [-0.05, 0) is 31.4 Å². The molecule has 2 aliphatic rings. The van der Waals surface area contributed by atoms with Crippen molar-refractivity contribution in [1.29, 1.82) is 0 Å². The second-order valence-corrected chi connectivity index (χ2v) is 6.66. The molecule has 1 fully saturated rings. The third-order valence-corrected chi connectivity index (χ3v) is 4.79. The summed E-state index contributed by atoms with van der Waals surface area (Å²) in [6.45, 7) is 3.46. The smallest absolute Gasteiger partial charge is 0.319 e. The first-order valence-electron chi connectivity index (χ1n) is 8.52. The molecular formula is C19H23NO5. The van der Waals surface area contributed by atoms with Crippen LogP contribution >= 0.6 is 0 Å². The summed E-state index contributed by atoms with van der Waals surface area (Å²) >= 11 is 0. The summed E-state index contributed by atoms with van der Waals surface area (Å²) in [7, 11) is 0. The molecule has 1 aliphatic heterocycles. The fourth-order valence-electron chi connectivity index (χ4n) is 3.16. The van der Waals surface area contributed by atoms with Crippen LogP contribution in [-0.4, -0.2) is 36.3 Å². The minimum atomic E-state index is -1.38. The summed E-state index contributed by atoms with van der Waals surface area (Å²) in [6, 6.07) is 5.79. The van der Waals surface area contributed by atoms with Crippen molar-refractivity contribution in [2.45, 2.75) is 38.8 Å². The van der Waals surface area contributed by atoms with Crippen molar-refractivity contribution in [3.05, 3.63) is 41.5 Å². The Bertz CT molecular complexity index is 683. The summed E-state index contributed by atoms with van der Waals surface area (Å²) in [4.78, 5) is 24.1. The number of rotatable bonds is 6. The van der Waals surface area contributed by atoms with Crippen LogP contribution in [0.5, 0.6) is 5.75 Å². The number of allylic oxidation sites excluding steroid dienone is 2. The zero-order valence-corrected chi connectivity index (χ0v) is 14.3. The van der Waals surface area contributed by atoms with E-state index in [1.807, 2.05) is 25.1 Å². The zero-order chi connectivity index (χ0) is 17.9.